The minimum Gasteiger partial charge on any atom is -0.467 e. The molecular weight excluding hydrogens is 300 g/mol. The van der Waals surface area contributed by atoms with Gasteiger partial charge in [-0.25, -0.2) is 4.79 Å². The number of aryl methyl sites for hydroxylation is 1. The summed E-state index contributed by atoms with van der Waals surface area (Å²) < 4.78 is 5.53. The highest BCUT2D eigenvalue weighted by molar-refractivity contribution is 7.15. The molecule has 0 bridgehead atoms. The molecular formula is C15H20N4O2S. The highest BCUT2D eigenvalue weighted by Gasteiger charge is 2.33. The number of nitrogens with zero attached hydrogens (tertiary/aromatic N) is 3. The summed E-state index contributed by atoms with van der Waals surface area (Å²) in [5.41, 5.74) is 0. The van der Waals surface area contributed by atoms with Gasteiger partial charge in [0, 0.05) is 6.54 Å². The predicted octanol–water partition coefficient (Wildman–Crippen LogP) is 3.70. The zero-order valence-electron chi connectivity index (χ0n) is 12.8. The van der Waals surface area contributed by atoms with E-state index in [4.69, 9.17) is 4.42 Å². The molecule has 1 saturated heterocycles. The molecule has 3 rings (SSSR count). The topological polar surface area (TPSA) is 71.3 Å². The van der Waals surface area contributed by atoms with E-state index < -0.39 is 0 Å². The Morgan fingerprint density at radius 3 is 3.09 bits per heavy atom. The van der Waals surface area contributed by atoms with E-state index in [0.717, 1.165) is 36.6 Å². The first kappa shape index (κ1) is 15.0. The maximum atomic E-state index is 12.6. The minimum atomic E-state index is -0.132. The fourth-order valence-corrected chi connectivity index (χ4v) is 3.41. The number of anilines is 1. The molecule has 2 aromatic rings. The van der Waals surface area contributed by atoms with Crippen LogP contribution < -0.4 is 5.32 Å². The van der Waals surface area contributed by atoms with Gasteiger partial charge >= 0.3 is 6.03 Å². The van der Waals surface area contributed by atoms with Crippen LogP contribution >= 0.6 is 11.3 Å². The van der Waals surface area contributed by atoms with Crippen LogP contribution in [0.25, 0.3) is 0 Å². The van der Waals surface area contributed by atoms with Gasteiger partial charge in [-0.2, -0.15) is 0 Å². The second kappa shape index (κ2) is 6.48. The van der Waals surface area contributed by atoms with Crippen molar-refractivity contribution in [3.63, 3.8) is 0 Å². The molecule has 0 aromatic carbocycles. The van der Waals surface area contributed by atoms with Crippen LogP contribution in [0.4, 0.5) is 9.93 Å². The number of hydrogen-bond donors (Lipinski definition) is 1. The Balaban J connectivity index is 1.74. The smallest absolute Gasteiger partial charge is 0.324 e. The summed E-state index contributed by atoms with van der Waals surface area (Å²) in [6, 6.07) is 3.65. The third-order valence-corrected chi connectivity index (χ3v) is 4.96. The number of likely N-dealkylation sites (tertiary alicyclic amines) is 1. The second-order valence-electron chi connectivity index (χ2n) is 5.64. The molecule has 0 spiro atoms. The number of aromatic nitrogens is 2. The number of piperidine rings is 1. The molecule has 0 aliphatic carbocycles. The molecule has 1 aliphatic heterocycles. The van der Waals surface area contributed by atoms with E-state index in [1.54, 1.807) is 6.26 Å². The Bertz CT molecular complexity index is 625. The first-order valence-corrected chi connectivity index (χ1v) is 8.42. The van der Waals surface area contributed by atoms with Crippen molar-refractivity contribution in [2.24, 2.45) is 5.92 Å². The van der Waals surface area contributed by atoms with Crippen molar-refractivity contribution in [1.29, 1.82) is 0 Å². The van der Waals surface area contributed by atoms with E-state index >= 15 is 0 Å². The summed E-state index contributed by atoms with van der Waals surface area (Å²) in [6.45, 7) is 4.95. The maximum absolute atomic E-state index is 12.6. The lowest BCUT2D eigenvalue weighted by atomic mass is 9.91. The Labute approximate surface area is 133 Å². The van der Waals surface area contributed by atoms with Gasteiger partial charge in [-0.1, -0.05) is 25.2 Å². The second-order valence-corrected chi connectivity index (χ2v) is 6.70. The predicted molar refractivity (Wildman–Crippen MR) is 84.9 cm³/mol. The van der Waals surface area contributed by atoms with E-state index in [1.807, 2.05) is 24.0 Å². The maximum Gasteiger partial charge on any atom is 0.324 e. The van der Waals surface area contributed by atoms with Crippen LogP contribution in [0.15, 0.2) is 22.8 Å². The van der Waals surface area contributed by atoms with Gasteiger partial charge in [-0.05, 0) is 37.3 Å². The molecule has 2 atom stereocenters. The van der Waals surface area contributed by atoms with Crippen LogP contribution in [0, 0.1) is 5.92 Å². The molecule has 0 radical (unpaired) electrons. The van der Waals surface area contributed by atoms with Crippen LogP contribution in [0.1, 0.15) is 43.5 Å². The SMILES string of the molecule is CCc1nnc(NC(=O)N2CC[C@H](C)C[C@@H]2c2ccco2)s1. The molecule has 118 valence electrons. The van der Waals surface area contributed by atoms with Gasteiger partial charge in [-0.15, -0.1) is 10.2 Å². The van der Waals surface area contributed by atoms with Gasteiger partial charge in [0.2, 0.25) is 5.13 Å². The van der Waals surface area contributed by atoms with Crippen molar-refractivity contribution in [3.8, 4) is 0 Å². The Kier molecular flexibility index (Phi) is 4.42. The lowest BCUT2D eigenvalue weighted by Crippen LogP contribution is -2.42. The standard InChI is InChI=1S/C15H20N4O2S/c1-3-13-17-18-14(22-13)16-15(20)19-7-6-10(2)9-11(19)12-5-4-8-21-12/h4-5,8,10-11H,3,6-7,9H2,1-2H3,(H,16,18,20)/t10-,11+/m0/s1. The van der Waals surface area contributed by atoms with Crippen molar-refractivity contribution < 1.29 is 9.21 Å². The van der Waals surface area contributed by atoms with Gasteiger partial charge in [-0.3, -0.25) is 5.32 Å². The van der Waals surface area contributed by atoms with Crippen LogP contribution in [0.2, 0.25) is 0 Å². The van der Waals surface area contributed by atoms with Gasteiger partial charge < -0.3 is 9.32 Å². The van der Waals surface area contributed by atoms with Crippen LogP contribution in [0.5, 0.6) is 0 Å². The molecule has 7 heteroatoms. The number of hydrogen-bond acceptors (Lipinski definition) is 5. The van der Waals surface area contributed by atoms with Crippen LogP contribution in [-0.2, 0) is 6.42 Å². The van der Waals surface area contributed by atoms with E-state index in [9.17, 15) is 4.79 Å². The lowest BCUT2D eigenvalue weighted by molar-refractivity contribution is 0.129. The molecule has 1 aliphatic rings. The summed E-state index contributed by atoms with van der Waals surface area (Å²) in [5, 5.41) is 12.4. The first-order chi connectivity index (χ1) is 10.7. The quantitative estimate of drug-likeness (QED) is 0.936. The van der Waals surface area contributed by atoms with E-state index in [1.165, 1.54) is 11.3 Å². The van der Waals surface area contributed by atoms with Gasteiger partial charge in [0.15, 0.2) is 0 Å². The molecule has 1 fully saturated rings. The number of nitrogens with one attached hydrogen (secondary N) is 1. The summed E-state index contributed by atoms with van der Waals surface area (Å²) in [5.74, 6) is 1.42. The summed E-state index contributed by atoms with van der Waals surface area (Å²) >= 11 is 1.42. The third kappa shape index (κ3) is 3.14. The van der Waals surface area contributed by atoms with Crippen molar-refractivity contribution >= 4 is 22.5 Å². The summed E-state index contributed by atoms with van der Waals surface area (Å²) in [4.78, 5) is 14.4. The highest BCUT2D eigenvalue weighted by Crippen LogP contribution is 2.34. The van der Waals surface area contributed by atoms with E-state index in [0.29, 0.717) is 11.0 Å². The number of urea groups is 1. The lowest BCUT2D eigenvalue weighted by Gasteiger charge is -2.37. The fourth-order valence-electron chi connectivity index (χ4n) is 2.75. The van der Waals surface area contributed by atoms with Crippen LogP contribution in [-0.4, -0.2) is 27.7 Å². The Hall–Kier alpha value is -1.89. The molecule has 3 heterocycles. The van der Waals surface area contributed by atoms with Crippen molar-refractivity contribution in [2.45, 2.75) is 39.2 Å². The molecule has 6 nitrogen and oxygen atoms in total. The van der Waals surface area contributed by atoms with Crippen molar-refractivity contribution in [2.75, 3.05) is 11.9 Å². The number of carbonyl (C=O) groups is 1. The number of amides is 2. The number of carbonyl (C=O) groups excluding carboxylic acids is 1. The summed E-state index contributed by atoms with van der Waals surface area (Å²) in [6.07, 6.45) is 4.39. The fraction of sp³-hybridized carbons (Fsp3) is 0.533. The van der Waals surface area contributed by atoms with E-state index in [2.05, 4.69) is 22.4 Å². The molecule has 2 aromatic heterocycles. The average molecular weight is 320 g/mol. The normalized spacial score (nSPS) is 21.8. The van der Waals surface area contributed by atoms with Gasteiger partial charge in [0.05, 0.1) is 12.3 Å². The molecule has 0 unspecified atom stereocenters. The molecule has 0 saturated carbocycles. The molecule has 2 amide bonds. The molecule has 1 N–H and O–H groups in total. The molecule has 22 heavy (non-hydrogen) atoms. The highest BCUT2D eigenvalue weighted by atomic mass is 32.1. The van der Waals surface area contributed by atoms with Crippen molar-refractivity contribution in [3.05, 3.63) is 29.2 Å². The third-order valence-electron chi connectivity index (χ3n) is 3.98. The van der Waals surface area contributed by atoms with Crippen LogP contribution in [0.3, 0.4) is 0 Å². The summed E-state index contributed by atoms with van der Waals surface area (Å²) in [7, 11) is 0. The number of rotatable bonds is 3. The Morgan fingerprint density at radius 2 is 2.41 bits per heavy atom. The first-order valence-electron chi connectivity index (χ1n) is 7.60. The Morgan fingerprint density at radius 1 is 1.55 bits per heavy atom. The zero-order valence-corrected chi connectivity index (χ0v) is 13.6. The largest absolute Gasteiger partial charge is 0.467 e. The monoisotopic (exact) mass is 320 g/mol. The average Bonchev–Trinajstić information content (AvgIpc) is 3.18. The van der Waals surface area contributed by atoms with Crippen molar-refractivity contribution in [1.82, 2.24) is 15.1 Å². The zero-order chi connectivity index (χ0) is 15.5. The minimum absolute atomic E-state index is 0.0164. The van der Waals surface area contributed by atoms with Gasteiger partial charge in [0.25, 0.3) is 0 Å². The van der Waals surface area contributed by atoms with Gasteiger partial charge in [0.1, 0.15) is 10.8 Å². The van der Waals surface area contributed by atoms with E-state index in [-0.39, 0.29) is 12.1 Å². The number of furan rings is 1.